The Morgan fingerprint density at radius 3 is 2.41 bits per heavy atom. The second kappa shape index (κ2) is 8.91. The topological polar surface area (TPSA) is 93.1 Å². The second-order valence-electron chi connectivity index (χ2n) is 7.07. The highest BCUT2D eigenvalue weighted by Crippen LogP contribution is 2.17. The number of aryl methyl sites for hydroxylation is 1. The summed E-state index contributed by atoms with van der Waals surface area (Å²) in [6.45, 7) is 5.22. The zero-order chi connectivity index (χ0) is 20.9. The van der Waals surface area contributed by atoms with E-state index in [2.05, 4.69) is 15.0 Å². The van der Waals surface area contributed by atoms with Crippen LogP contribution < -0.4 is 10.0 Å². The summed E-state index contributed by atoms with van der Waals surface area (Å²) in [6, 6.07) is 13.0. The van der Waals surface area contributed by atoms with E-state index in [-0.39, 0.29) is 16.7 Å². The summed E-state index contributed by atoms with van der Waals surface area (Å²) >= 11 is 0. The molecular weight excluding hydrogens is 388 g/mol. The summed E-state index contributed by atoms with van der Waals surface area (Å²) in [6.07, 6.45) is 5.33. The van der Waals surface area contributed by atoms with Crippen LogP contribution in [0.1, 0.15) is 22.8 Å². The molecule has 1 heterocycles. The van der Waals surface area contributed by atoms with Crippen LogP contribution in [-0.2, 0) is 16.6 Å². The fourth-order valence-electron chi connectivity index (χ4n) is 2.81. The first-order chi connectivity index (χ1) is 13.8. The number of hydrogen-bond donors (Lipinski definition) is 2. The maximum atomic E-state index is 12.5. The third kappa shape index (κ3) is 5.68. The van der Waals surface area contributed by atoms with Gasteiger partial charge in [0.1, 0.15) is 0 Å². The van der Waals surface area contributed by atoms with Gasteiger partial charge in [0.15, 0.2) is 0 Å². The maximum Gasteiger partial charge on any atom is 0.261 e. The van der Waals surface area contributed by atoms with Gasteiger partial charge in [-0.3, -0.25) is 9.52 Å². The first-order valence-electron chi connectivity index (χ1n) is 9.27. The van der Waals surface area contributed by atoms with Crippen molar-refractivity contribution < 1.29 is 13.2 Å². The Kier molecular flexibility index (Phi) is 6.33. The molecule has 1 aromatic heterocycles. The summed E-state index contributed by atoms with van der Waals surface area (Å²) in [5.41, 5.74) is 1.95. The van der Waals surface area contributed by atoms with Crippen LogP contribution in [-0.4, -0.2) is 30.4 Å². The summed E-state index contributed by atoms with van der Waals surface area (Å²) in [5, 5.41) is 2.88. The van der Waals surface area contributed by atoms with Gasteiger partial charge >= 0.3 is 0 Å². The van der Waals surface area contributed by atoms with Crippen LogP contribution in [0.2, 0.25) is 0 Å². The molecule has 8 heteroatoms. The van der Waals surface area contributed by atoms with E-state index < -0.39 is 10.0 Å². The quantitative estimate of drug-likeness (QED) is 0.595. The molecule has 0 bridgehead atoms. The number of hydrogen-bond acceptors (Lipinski definition) is 4. The lowest BCUT2D eigenvalue weighted by Crippen LogP contribution is -2.29. The van der Waals surface area contributed by atoms with Crippen LogP contribution in [0.4, 0.5) is 5.69 Å². The highest BCUT2D eigenvalue weighted by atomic mass is 32.2. The maximum absolute atomic E-state index is 12.5. The van der Waals surface area contributed by atoms with Crippen molar-refractivity contribution in [3.05, 3.63) is 78.4 Å². The molecule has 0 aliphatic rings. The van der Waals surface area contributed by atoms with Crippen molar-refractivity contribution in [1.82, 2.24) is 14.9 Å². The van der Waals surface area contributed by atoms with Gasteiger partial charge in [0, 0.05) is 36.7 Å². The summed E-state index contributed by atoms with van der Waals surface area (Å²) in [4.78, 5) is 16.4. The van der Waals surface area contributed by atoms with Crippen molar-refractivity contribution in [2.24, 2.45) is 5.92 Å². The molecule has 0 radical (unpaired) electrons. The van der Waals surface area contributed by atoms with Crippen LogP contribution in [0.15, 0.2) is 72.1 Å². The largest absolute Gasteiger partial charge is 0.352 e. The number of nitrogens with zero attached hydrogens (tertiary/aromatic N) is 2. The minimum atomic E-state index is -3.71. The van der Waals surface area contributed by atoms with Crippen LogP contribution in [0, 0.1) is 12.8 Å². The number of carbonyl (C=O) groups excluding carboxylic acids is 1. The van der Waals surface area contributed by atoms with Crippen molar-refractivity contribution >= 4 is 21.6 Å². The van der Waals surface area contributed by atoms with Crippen LogP contribution in [0.25, 0.3) is 0 Å². The van der Waals surface area contributed by atoms with Gasteiger partial charge in [-0.05, 0) is 49.2 Å². The van der Waals surface area contributed by atoms with Gasteiger partial charge in [-0.25, -0.2) is 13.4 Å². The third-order valence-corrected chi connectivity index (χ3v) is 5.82. The molecular formula is C21H24N4O3S. The third-order valence-electron chi connectivity index (χ3n) is 4.42. The van der Waals surface area contributed by atoms with Crippen molar-refractivity contribution in [1.29, 1.82) is 0 Å². The molecule has 0 saturated carbocycles. The second-order valence-corrected chi connectivity index (χ2v) is 8.75. The number of rotatable bonds is 8. The molecule has 29 heavy (non-hydrogen) atoms. The molecule has 7 nitrogen and oxygen atoms in total. The lowest BCUT2D eigenvalue weighted by Gasteiger charge is -2.13. The molecule has 2 N–H and O–H groups in total. The molecule has 1 atom stereocenters. The van der Waals surface area contributed by atoms with Crippen molar-refractivity contribution in [3.63, 3.8) is 0 Å². The summed E-state index contributed by atoms with van der Waals surface area (Å²) < 4.78 is 29.5. The van der Waals surface area contributed by atoms with Gasteiger partial charge in [-0.2, -0.15) is 0 Å². The SMILES string of the molecule is Cc1ccc(NS(=O)(=O)c2ccc(C(=O)NCC(C)Cn3ccnc3)cc2)cc1. The van der Waals surface area contributed by atoms with Crippen molar-refractivity contribution in [2.45, 2.75) is 25.3 Å². The van der Waals surface area contributed by atoms with Gasteiger partial charge in [-0.1, -0.05) is 24.6 Å². The van der Waals surface area contributed by atoms with Crippen molar-refractivity contribution in [2.75, 3.05) is 11.3 Å². The van der Waals surface area contributed by atoms with E-state index in [1.165, 1.54) is 24.3 Å². The van der Waals surface area contributed by atoms with E-state index in [1.807, 2.05) is 36.7 Å². The Labute approximate surface area is 170 Å². The number of aromatic nitrogens is 2. The Balaban J connectivity index is 1.58. The molecule has 3 aromatic rings. The van der Waals surface area contributed by atoms with E-state index >= 15 is 0 Å². The fourth-order valence-corrected chi connectivity index (χ4v) is 3.87. The molecule has 0 aliphatic heterocycles. The smallest absolute Gasteiger partial charge is 0.261 e. The predicted molar refractivity (Wildman–Crippen MR) is 112 cm³/mol. The van der Waals surface area contributed by atoms with Crippen LogP contribution in [0.5, 0.6) is 0 Å². The Bertz CT molecular complexity index is 1040. The Morgan fingerprint density at radius 1 is 1.10 bits per heavy atom. The normalized spacial score (nSPS) is 12.3. The monoisotopic (exact) mass is 412 g/mol. The molecule has 3 rings (SSSR count). The summed E-state index contributed by atoms with van der Waals surface area (Å²) in [7, 11) is -3.71. The average molecular weight is 413 g/mol. The molecule has 0 spiro atoms. The molecule has 0 aliphatic carbocycles. The van der Waals surface area contributed by atoms with E-state index in [0.717, 1.165) is 12.1 Å². The first kappa shape index (κ1) is 20.6. The number of carbonyl (C=O) groups is 1. The Hall–Kier alpha value is -3.13. The zero-order valence-corrected chi connectivity index (χ0v) is 17.2. The molecule has 0 saturated heterocycles. The van der Waals surface area contributed by atoms with E-state index in [0.29, 0.717) is 17.8 Å². The molecule has 2 aromatic carbocycles. The molecule has 0 fully saturated rings. The predicted octanol–water partition coefficient (Wildman–Crippen LogP) is 3.06. The van der Waals surface area contributed by atoms with Gasteiger partial charge in [0.05, 0.1) is 11.2 Å². The molecule has 1 amide bonds. The van der Waals surface area contributed by atoms with Gasteiger partial charge in [0.2, 0.25) is 0 Å². The number of imidazole rings is 1. The minimum absolute atomic E-state index is 0.100. The lowest BCUT2D eigenvalue weighted by atomic mass is 10.1. The van der Waals surface area contributed by atoms with Crippen LogP contribution in [0.3, 0.4) is 0 Å². The lowest BCUT2D eigenvalue weighted by molar-refractivity contribution is 0.0946. The van der Waals surface area contributed by atoms with Gasteiger partial charge in [-0.15, -0.1) is 0 Å². The standard InChI is InChI=1S/C21H24N4O3S/c1-16-3-7-19(8-4-16)24-29(27,28)20-9-5-18(6-10-20)21(26)23-13-17(2)14-25-12-11-22-15-25/h3-12,15,17,24H,13-14H2,1-2H3,(H,23,26). The highest BCUT2D eigenvalue weighted by Gasteiger charge is 2.15. The summed E-state index contributed by atoms with van der Waals surface area (Å²) in [5.74, 6) is -0.00978. The molecule has 1 unspecified atom stereocenters. The van der Waals surface area contributed by atoms with Gasteiger partial charge < -0.3 is 9.88 Å². The number of anilines is 1. The fraction of sp³-hybridized carbons (Fsp3) is 0.238. The number of sulfonamides is 1. The average Bonchev–Trinajstić information content (AvgIpc) is 3.21. The van der Waals surface area contributed by atoms with E-state index in [9.17, 15) is 13.2 Å². The minimum Gasteiger partial charge on any atom is -0.352 e. The van der Waals surface area contributed by atoms with Gasteiger partial charge in [0.25, 0.3) is 15.9 Å². The number of amides is 1. The van der Waals surface area contributed by atoms with Crippen molar-refractivity contribution in [3.8, 4) is 0 Å². The highest BCUT2D eigenvalue weighted by molar-refractivity contribution is 7.92. The number of nitrogens with one attached hydrogen (secondary N) is 2. The Morgan fingerprint density at radius 2 is 1.79 bits per heavy atom. The number of benzene rings is 2. The first-order valence-corrected chi connectivity index (χ1v) is 10.8. The van der Waals surface area contributed by atoms with E-state index in [1.54, 1.807) is 24.7 Å². The van der Waals surface area contributed by atoms with Crippen LogP contribution >= 0.6 is 0 Å². The van der Waals surface area contributed by atoms with E-state index in [4.69, 9.17) is 0 Å². The molecule has 152 valence electrons. The zero-order valence-electron chi connectivity index (χ0n) is 16.4.